The van der Waals surface area contributed by atoms with Crippen molar-refractivity contribution in [3.05, 3.63) is 78.4 Å². The third-order valence-electron chi connectivity index (χ3n) is 3.51. The molecule has 24 heavy (non-hydrogen) atoms. The van der Waals surface area contributed by atoms with Crippen LogP contribution in [0.1, 0.15) is 11.3 Å². The Kier molecular flexibility index (Phi) is 5.02. The van der Waals surface area contributed by atoms with Crippen molar-refractivity contribution in [1.29, 1.82) is 0 Å². The molecule has 0 spiro atoms. The van der Waals surface area contributed by atoms with Crippen LogP contribution in [-0.2, 0) is 23.0 Å². The van der Waals surface area contributed by atoms with Crippen LogP contribution in [0.2, 0.25) is 0 Å². The zero-order valence-electron chi connectivity index (χ0n) is 13.0. The summed E-state index contributed by atoms with van der Waals surface area (Å²) in [7, 11) is -3.36. The fraction of sp³-hybridized carbons (Fsp3) is 0.176. The lowest BCUT2D eigenvalue weighted by atomic mass is 10.3. The van der Waals surface area contributed by atoms with E-state index in [2.05, 4.69) is 14.8 Å². The highest BCUT2D eigenvalue weighted by Gasteiger charge is 2.11. The molecule has 3 rings (SSSR count). The van der Waals surface area contributed by atoms with Gasteiger partial charge in [0, 0.05) is 36.6 Å². The molecule has 1 aromatic carbocycles. The summed E-state index contributed by atoms with van der Waals surface area (Å²) in [5.74, 6) is 0.0107. The number of aromatic nitrogens is 3. The van der Waals surface area contributed by atoms with Crippen LogP contribution < -0.4 is 4.72 Å². The third kappa shape index (κ3) is 4.50. The molecule has 0 aliphatic carbocycles. The van der Waals surface area contributed by atoms with E-state index in [4.69, 9.17) is 0 Å². The van der Waals surface area contributed by atoms with Crippen molar-refractivity contribution in [1.82, 2.24) is 19.5 Å². The summed E-state index contributed by atoms with van der Waals surface area (Å²) >= 11 is 0. The number of benzene rings is 1. The minimum Gasteiger partial charge on any atom is -0.261 e. The van der Waals surface area contributed by atoms with Crippen LogP contribution in [0.25, 0.3) is 5.69 Å². The molecule has 0 atom stereocenters. The predicted molar refractivity (Wildman–Crippen MR) is 92.1 cm³/mol. The fourth-order valence-electron chi connectivity index (χ4n) is 2.22. The normalized spacial score (nSPS) is 11.5. The van der Waals surface area contributed by atoms with Crippen LogP contribution in [0.4, 0.5) is 0 Å². The van der Waals surface area contributed by atoms with E-state index < -0.39 is 10.0 Å². The van der Waals surface area contributed by atoms with Crippen molar-refractivity contribution in [3.8, 4) is 5.69 Å². The average Bonchev–Trinajstić information content (AvgIpc) is 3.09. The molecule has 3 aromatic rings. The molecule has 0 amide bonds. The molecule has 6 nitrogen and oxygen atoms in total. The van der Waals surface area contributed by atoms with Gasteiger partial charge in [0.05, 0.1) is 17.6 Å². The first-order chi connectivity index (χ1) is 11.6. The van der Waals surface area contributed by atoms with Crippen molar-refractivity contribution >= 4 is 10.0 Å². The molecule has 0 fully saturated rings. The maximum atomic E-state index is 12.1. The molecule has 2 aromatic heterocycles. The Morgan fingerprint density at radius 3 is 2.58 bits per heavy atom. The average molecular weight is 342 g/mol. The molecule has 0 bridgehead atoms. The largest absolute Gasteiger partial charge is 0.261 e. The quantitative estimate of drug-likeness (QED) is 0.712. The highest BCUT2D eigenvalue weighted by molar-refractivity contribution is 7.89. The molecule has 0 unspecified atom stereocenters. The molecule has 124 valence electrons. The van der Waals surface area contributed by atoms with Gasteiger partial charge in [0.25, 0.3) is 0 Å². The standard InChI is InChI=1S/C17H18N4O2S/c22-24(23,11-9-16-6-4-5-10-18-16)20-13-15-12-19-21(14-15)17-7-2-1-3-8-17/h1-8,10,12,14,20H,9,11,13H2. The van der Waals surface area contributed by atoms with E-state index in [-0.39, 0.29) is 12.3 Å². The van der Waals surface area contributed by atoms with Crippen LogP contribution in [0.5, 0.6) is 0 Å². The molecule has 0 radical (unpaired) electrons. The number of hydrogen-bond acceptors (Lipinski definition) is 4. The van der Waals surface area contributed by atoms with Gasteiger partial charge in [0.1, 0.15) is 0 Å². The Balaban J connectivity index is 1.56. The zero-order chi connectivity index (χ0) is 16.8. The molecule has 0 aliphatic heterocycles. The molecule has 1 N–H and O–H groups in total. The molecule has 0 aliphatic rings. The van der Waals surface area contributed by atoms with Crippen molar-refractivity contribution < 1.29 is 8.42 Å². The molecular weight excluding hydrogens is 324 g/mol. The lowest BCUT2D eigenvalue weighted by Crippen LogP contribution is -2.26. The SMILES string of the molecule is O=S(=O)(CCc1ccccn1)NCc1cnn(-c2ccccc2)c1. The van der Waals surface area contributed by atoms with Crippen LogP contribution in [-0.4, -0.2) is 28.9 Å². The fourth-order valence-corrected chi connectivity index (χ4v) is 3.23. The van der Waals surface area contributed by atoms with Crippen molar-refractivity contribution in [3.63, 3.8) is 0 Å². The number of hydrogen-bond donors (Lipinski definition) is 1. The maximum absolute atomic E-state index is 12.1. The summed E-state index contributed by atoms with van der Waals surface area (Å²) in [6.07, 6.45) is 5.53. The monoisotopic (exact) mass is 342 g/mol. The van der Waals surface area contributed by atoms with Crippen LogP contribution in [0.15, 0.2) is 67.1 Å². The number of aryl methyl sites for hydroxylation is 1. The van der Waals surface area contributed by atoms with E-state index >= 15 is 0 Å². The minimum absolute atomic E-state index is 0.0107. The zero-order valence-corrected chi connectivity index (χ0v) is 13.9. The molecular formula is C17H18N4O2S. The first-order valence-corrected chi connectivity index (χ1v) is 9.24. The van der Waals surface area contributed by atoms with Gasteiger partial charge < -0.3 is 0 Å². The number of para-hydroxylation sites is 1. The van der Waals surface area contributed by atoms with E-state index in [1.165, 1.54) is 0 Å². The first-order valence-electron chi connectivity index (χ1n) is 7.59. The smallest absolute Gasteiger partial charge is 0.212 e. The molecule has 0 saturated heterocycles. The predicted octanol–water partition coefficient (Wildman–Crippen LogP) is 1.93. The van der Waals surface area contributed by atoms with E-state index in [0.717, 1.165) is 16.9 Å². The Bertz CT molecular complexity index is 877. The lowest BCUT2D eigenvalue weighted by Gasteiger charge is -2.05. The van der Waals surface area contributed by atoms with Gasteiger partial charge in [0.15, 0.2) is 0 Å². The molecule has 0 saturated carbocycles. The Hall–Kier alpha value is -2.51. The number of sulfonamides is 1. The second kappa shape index (κ2) is 7.37. The van der Waals surface area contributed by atoms with Crippen LogP contribution in [0.3, 0.4) is 0 Å². The number of nitrogens with one attached hydrogen (secondary N) is 1. The van der Waals surface area contributed by atoms with Gasteiger partial charge in [-0.1, -0.05) is 24.3 Å². The Morgan fingerprint density at radius 1 is 1.04 bits per heavy atom. The van der Waals surface area contributed by atoms with Gasteiger partial charge in [-0.05, 0) is 24.3 Å². The molecule has 7 heteroatoms. The van der Waals surface area contributed by atoms with Gasteiger partial charge in [-0.2, -0.15) is 5.10 Å². The van der Waals surface area contributed by atoms with Crippen LogP contribution in [0, 0.1) is 0 Å². The van der Waals surface area contributed by atoms with Gasteiger partial charge in [-0.3, -0.25) is 4.98 Å². The number of nitrogens with zero attached hydrogens (tertiary/aromatic N) is 3. The highest BCUT2D eigenvalue weighted by Crippen LogP contribution is 2.08. The number of rotatable bonds is 7. The lowest BCUT2D eigenvalue weighted by molar-refractivity contribution is 0.580. The maximum Gasteiger partial charge on any atom is 0.212 e. The second-order valence-electron chi connectivity index (χ2n) is 5.34. The van der Waals surface area contributed by atoms with Crippen LogP contribution >= 0.6 is 0 Å². The highest BCUT2D eigenvalue weighted by atomic mass is 32.2. The van der Waals surface area contributed by atoms with E-state index in [1.54, 1.807) is 23.1 Å². The summed E-state index contributed by atoms with van der Waals surface area (Å²) < 4.78 is 28.5. The van der Waals surface area contributed by atoms with E-state index in [9.17, 15) is 8.42 Å². The van der Waals surface area contributed by atoms with Gasteiger partial charge in [-0.15, -0.1) is 0 Å². The summed E-state index contributed by atoms with van der Waals surface area (Å²) in [5.41, 5.74) is 2.50. The number of pyridine rings is 1. The Morgan fingerprint density at radius 2 is 1.83 bits per heavy atom. The first kappa shape index (κ1) is 16.4. The van der Waals surface area contributed by atoms with Gasteiger partial charge in [0.2, 0.25) is 10.0 Å². The van der Waals surface area contributed by atoms with Crippen molar-refractivity contribution in [2.75, 3.05) is 5.75 Å². The summed E-state index contributed by atoms with van der Waals surface area (Å²) in [6, 6.07) is 15.1. The van der Waals surface area contributed by atoms with Gasteiger partial charge in [-0.25, -0.2) is 17.8 Å². The summed E-state index contributed by atoms with van der Waals surface area (Å²) in [4.78, 5) is 4.13. The minimum atomic E-state index is -3.36. The van der Waals surface area contributed by atoms with E-state index in [0.29, 0.717) is 6.42 Å². The second-order valence-corrected chi connectivity index (χ2v) is 7.27. The van der Waals surface area contributed by atoms with E-state index in [1.807, 2.05) is 48.7 Å². The summed E-state index contributed by atoms with van der Waals surface area (Å²) in [6.45, 7) is 0.220. The topological polar surface area (TPSA) is 76.9 Å². The van der Waals surface area contributed by atoms with Gasteiger partial charge >= 0.3 is 0 Å². The Labute approximate surface area is 141 Å². The van der Waals surface area contributed by atoms with Crippen molar-refractivity contribution in [2.24, 2.45) is 0 Å². The third-order valence-corrected chi connectivity index (χ3v) is 4.83. The van der Waals surface area contributed by atoms with Crippen molar-refractivity contribution in [2.45, 2.75) is 13.0 Å². The molecule has 2 heterocycles. The summed E-state index contributed by atoms with van der Waals surface area (Å²) in [5, 5.41) is 4.25.